The van der Waals surface area contributed by atoms with Crippen molar-refractivity contribution in [3.63, 3.8) is 0 Å². The maximum atomic E-state index is 11.6. The highest BCUT2D eigenvalue weighted by Gasteiger charge is 2.22. The maximum Gasteiger partial charge on any atom is 0.221 e. The third-order valence-corrected chi connectivity index (χ3v) is 5.83. The van der Waals surface area contributed by atoms with Gasteiger partial charge in [0.05, 0.1) is 12.1 Å². The second-order valence-corrected chi connectivity index (χ2v) is 7.83. The Kier molecular flexibility index (Phi) is 5.76. The van der Waals surface area contributed by atoms with E-state index in [9.17, 15) is 4.79 Å². The number of nitrogens with one attached hydrogen (secondary N) is 1. The number of carbonyl (C=O) groups is 1. The lowest BCUT2D eigenvalue weighted by molar-refractivity contribution is -0.114. The van der Waals surface area contributed by atoms with Crippen LogP contribution in [0.2, 0.25) is 0 Å². The van der Waals surface area contributed by atoms with Gasteiger partial charge >= 0.3 is 0 Å². The van der Waals surface area contributed by atoms with Gasteiger partial charge in [-0.15, -0.1) is 11.3 Å². The molecule has 1 aromatic heterocycles. The third kappa shape index (κ3) is 4.41. The summed E-state index contributed by atoms with van der Waals surface area (Å²) in [5.74, 6) is 0.896. The molecule has 1 aliphatic rings. The molecular weight excluding hydrogens is 332 g/mol. The Morgan fingerprint density at radius 3 is 2.84 bits per heavy atom. The predicted octanol–water partition coefficient (Wildman–Crippen LogP) is 4.23. The number of methoxy groups -OCH3 is 1. The zero-order valence-corrected chi connectivity index (χ0v) is 16.0. The van der Waals surface area contributed by atoms with Gasteiger partial charge in [-0.2, -0.15) is 0 Å². The van der Waals surface area contributed by atoms with Crippen LogP contribution in [-0.4, -0.2) is 25.0 Å². The van der Waals surface area contributed by atoms with Gasteiger partial charge in [-0.3, -0.25) is 9.69 Å². The lowest BCUT2D eigenvalue weighted by Gasteiger charge is -2.20. The van der Waals surface area contributed by atoms with Crippen molar-refractivity contribution < 1.29 is 9.53 Å². The summed E-state index contributed by atoms with van der Waals surface area (Å²) in [6.45, 7) is 3.28. The summed E-state index contributed by atoms with van der Waals surface area (Å²) >= 11 is 1.77. The summed E-state index contributed by atoms with van der Waals surface area (Å²) < 4.78 is 5.32. The molecule has 0 aliphatic heterocycles. The monoisotopic (exact) mass is 358 g/mol. The van der Waals surface area contributed by atoms with Gasteiger partial charge in [0.25, 0.3) is 0 Å². The molecule has 0 saturated carbocycles. The molecule has 1 amide bonds. The first kappa shape index (κ1) is 18.0. The minimum absolute atomic E-state index is 0.00953. The molecule has 0 saturated heterocycles. The fourth-order valence-electron chi connectivity index (χ4n) is 3.47. The summed E-state index contributed by atoms with van der Waals surface area (Å²) in [5, 5.41) is 4.09. The van der Waals surface area contributed by atoms with Crippen LogP contribution in [0, 0.1) is 0 Å². The van der Waals surface area contributed by atoms with Crippen molar-refractivity contribution >= 4 is 22.2 Å². The van der Waals surface area contributed by atoms with E-state index in [-0.39, 0.29) is 5.91 Å². The molecule has 0 radical (unpaired) electrons. The molecule has 0 unspecified atom stereocenters. The molecule has 0 atom stereocenters. The topological polar surface area (TPSA) is 41.6 Å². The van der Waals surface area contributed by atoms with Crippen molar-refractivity contribution in [3.8, 4) is 5.75 Å². The van der Waals surface area contributed by atoms with E-state index in [0.717, 1.165) is 36.7 Å². The number of benzene rings is 1. The van der Waals surface area contributed by atoms with Crippen LogP contribution in [0.5, 0.6) is 5.75 Å². The summed E-state index contributed by atoms with van der Waals surface area (Å²) in [4.78, 5) is 15.4. The standard InChI is InChI=1S/C20H26N2O2S/c1-14(23)21-20-18(17-9-4-5-10-19(17)25-20)13-22(2)12-15-7-6-8-16(11-15)24-3/h6-8,11H,4-5,9-10,12-13H2,1-3H3,(H,21,23). The van der Waals surface area contributed by atoms with Gasteiger partial charge in [0.1, 0.15) is 5.75 Å². The molecule has 0 spiro atoms. The number of hydrogen-bond acceptors (Lipinski definition) is 4. The Labute approximate surface area is 153 Å². The minimum atomic E-state index is 0.00953. The SMILES string of the molecule is COc1cccc(CN(C)Cc2c(NC(C)=O)sc3c2CCCC3)c1. The van der Waals surface area contributed by atoms with Gasteiger partial charge in [-0.05, 0) is 56.0 Å². The quantitative estimate of drug-likeness (QED) is 0.840. The van der Waals surface area contributed by atoms with Crippen molar-refractivity contribution in [2.45, 2.75) is 45.7 Å². The normalized spacial score (nSPS) is 13.6. The molecule has 5 heteroatoms. The zero-order chi connectivity index (χ0) is 17.8. The Morgan fingerprint density at radius 1 is 1.28 bits per heavy atom. The molecule has 1 aliphatic carbocycles. The third-order valence-electron chi connectivity index (χ3n) is 4.59. The Hall–Kier alpha value is -1.85. The average Bonchev–Trinajstić information content (AvgIpc) is 2.91. The number of ether oxygens (including phenoxy) is 1. The van der Waals surface area contributed by atoms with Gasteiger partial charge < -0.3 is 10.1 Å². The van der Waals surface area contributed by atoms with Crippen molar-refractivity contribution in [1.82, 2.24) is 4.90 Å². The molecular formula is C20H26N2O2S. The van der Waals surface area contributed by atoms with Gasteiger partial charge in [-0.25, -0.2) is 0 Å². The van der Waals surface area contributed by atoms with Crippen LogP contribution in [-0.2, 0) is 30.7 Å². The molecule has 1 aromatic carbocycles. The van der Waals surface area contributed by atoms with E-state index in [1.165, 1.54) is 34.4 Å². The summed E-state index contributed by atoms with van der Waals surface area (Å²) in [6, 6.07) is 8.19. The van der Waals surface area contributed by atoms with Crippen LogP contribution in [0.25, 0.3) is 0 Å². The lowest BCUT2D eigenvalue weighted by atomic mass is 9.95. The first-order valence-corrected chi connectivity index (χ1v) is 9.61. The largest absolute Gasteiger partial charge is 0.497 e. The molecule has 0 fully saturated rings. The molecule has 25 heavy (non-hydrogen) atoms. The van der Waals surface area contributed by atoms with E-state index in [0.29, 0.717) is 0 Å². The number of rotatable bonds is 6. The molecule has 1 heterocycles. The van der Waals surface area contributed by atoms with Crippen LogP contribution in [0.15, 0.2) is 24.3 Å². The van der Waals surface area contributed by atoms with Crippen LogP contribution < -0.4 is 10.1 Å². The fraction of sp³-hybridized carbons (Fsp3) is 0.450. The average molecular weight is 359 g/mol. The van der Waals surface area contributed by atoms with E-state index >= 15 is 0 Å². The number of carbonyl (C=O) groups excluding carboxylic acids is 1. The van der Waals surface area contributed by atoms with E-state index in [4.69, 9.17) is 4.74 Å². The lowest BCUT2D eigenvalue weighted by Crippen LogP contribution is -2.19. The number of fused-ring (bicyclic) bond motifs is 1. The van der Waals surface area contributed by atoms with Crippen LogP contribution in [0.3, 0.4) is 0 Å². The van der Waals surface area contributed by atoms with Crippen molar-refractivity contribution in [3.05, 3.63) is 45.8 Å². The van der Waals surface area contributed by atoms with E-state index in [1.807, 2.05) is 12.1 Å². The second kappa shape index (κ2) is 8.02. The number of amides is 1. The van der Waals surface area contributed by atoms with Gasteiger partial charge in [0.2, 0.25) is 5.91 Å². The summed E-state index contributed by atoms with van der Waals surface area (Å²) in [7, 11) is 3.82. The predicted molar refractivity (Wildman–Crippen MR) is 103 cm³/mol. The minimum Gasteiger partial charge on any atom is -0.497 e. The smallest absolute Gasteiger partial charge is 0.221 e. The first-order chi connectivity index (χ1) is 12.1. The molecule has 134 valence electrons. The summed E-state index contributed by atoms with van der Waals surface area (Å²) in [5.41, 5.74) is 4.00. The molecule has 2 aromatic rings. The highest BCUT2D eigenvalue weighted by atomic mass is 32.1. The number of anilines is 1. The number of hydrogen-bond donors (Lipinski definition) is 1. The highest BCUT2D eigenvalue weighted by Crippen LogP contribution is 2.38. The van der Waals surface area contributed by atoms with Crippen LogP contribution >= 0.6 is 11.3 Å². The first-order valence-electron chi connectivity index (χ1n) is 8.79. The maximum absolute atomic E-state index is 11.6. The Morgan fingerprint density at radius 2 is 2.08 bits per heavy atom. The number of thiophene rings is 1. The summed E-state index contributed by atoms with van der Waals surface area (Å²) in [6.07, 6.45) is 4.78. The van der Waals surface area contributed by atoms with E-state index in [2.05, 4.69) is 29.4 Å². The van der Waals surface area contributed by atoms with Gasteiger partial charge in [-0.1, -0.05) is 12.1 Å². The van der Waals surface area contributed by atoms with Crippen LogP contribution in [0.4, 0.5) is 5.00 Å². The Bertz CT molecular complexity index is 754. The van der Waals surface area contributed by atoms with Crippen LogP contribution in [0.1, 0.15) is 41.3 Å². The second-order valence-electron chi connectivity index (χ2n) is 6.72. The van der Waals surface area contributed by atoms with Crippen molar-refractivity contribution in [1.29, 1.82) is 0 Å². The zero-order valence-electron chi connectivity index (χ0n) is 15.2. The molecule has 0 bridgehead atoms. The molecule has 1 N–H and O–H groups in total. The van der Waals surface area contributed by atoms with Gasteiger partial charge in [0, 0.05) is 30.5 Å². The highest BCUT2D eigenvalue weighted by molar-refractivity contribution is 7.16. The van der Waals surface area contributed by atoms with Crippen molar-refractivity contribution in [2.24, 2.45) is 0 Å². The fourth-order valence-corrected chi connectivity index (χ4v) is 4.81. The molecule has 3 rings (SSSR count). The van der Waals surface area contributed by atoms with Crippen molar-refractivity contribution in [2.75, 3.05) is 19.5 Å². The van der Waals surface area contributed by atoms with E-state index in [1.54, 1.807) is 25.4 Å². The molecule has 4 nitrogen and oxygen atoms in total. The number of nitrogens with zero attached hydrogens (tertiary/aromatic N) is 1. The Balaban J connectivity index is 1.78. The van der Waals surface area contributed by atoms with E-state index < -0.39 is 0 Å². The number of aryl methyl sites for hydroxylation is 1. The van der Waals surface area contributed by atoms with Gasteiger partial charge in [0.15, 0.2) is 0 Å².